The van der Waals surface area contributed by atoms with Crippen LogP contribution in [0.15, 0.2) is 136 Å². The number of nitrogens with zero attached hydrogens (tertiary/aromatic N) is 1. The minimum atomic E-state index is -2.64. The van der Waals surface area contributed by atoms with Gasteiger partial charge in [-0.25, -0.2) is 0 Å². The number of hydrogen-bond acceptors (Lipinski definition) is 4. The third-order valence-electron chi connectivity index (χ3n) is 5.55. The van der Waals surface area contributed by atoms with E-state index in [-0.39, 0.29) is 5.70 Å². The van der Waals surface area contributed by atoms with Crippen molar-refractivity contribution in [2.24, 2.45) is 4.99 Å². The molecule has 173 valence electrons. The Morgan fingerprint density at radius 3 is 1.46 bits per heavy atom. The van der Waals surface area contributed by atoms with E-state index < -0.39 is 19.1 Å². The Bertz CT molecular complexity index is 1250. The van der Waals surface area contributed by atoms with E-state index in [4.69, 9.17) is 4.74 Å². The van der Waals surface area contributed by atoms with Crippen LogP contribution in [0.25, 0.3) is 0 Å². The second-order valence-corrected chi connectivity index (χ2v) is 12.5. The van der Waals surface area contributed by atoms with Crippen molar-refractivity contribution in [3.05, 3.63) is 137 Å². The molecule has 0 saturated heterocycles. The molecule has 1 radical (unpaired) electrons. The summed E-state index contributed by atoms with van der Waals surface area (Å²) in [5, 5.41) is 16.2. The molecule has 0 heterocycles. The van der Waals surface area contributed by atoms with Gasteiger partial charge in [0, 0.05) is 0 Å². The van der Waals surface area contributed by atoms with Crippen LogP contribution in [0.1, 0.15) is 5.56 Å². The Hall–Kier alpha value is -3.49. The maximum atomic E-state index is 13.1. The van der Waals surface area contributed by atoms with Crippen molar-refractivity contribution in [1.82, 2.24) is 0 Å². The molecule has 0 bridgehead atoms. The van der Waals surface area contributed by atoms with E-state index >= 15 is 0 Å². The molecule has 4 rings (SSSR count). The van der Waals surface area contributed by atoms with Crippen molar-refractivity contribution >= 4 is 51.1 Å². The number of aliphatic imine (C=N–C) groups is 1. The van der Waals surface area contributed by atoms with Gasteiger partial charge in [0.15, 0.2) is 0 Å². The molecule has 0 fully saturated rings. The SMILES string of the molecule is COC(=O)/C(N=C([O-])c1ccccc1)=C(/[Se])[P+](c1ccccc1)(c1ccccc1)c1ccccc1. The van der Waals surface area contributed by atoms with Crippen molar-refractivity contribution in [3.63, 3.8) is 0 Å². The number of carbonyl (C=O) groups is 1. The van der Waals surface area contributed by atoms with Crippen molar-refractivity contribution in [1.29, 1.82) is 0 Å². The molecule has 0 N–H and O–H groups in total. The van der Waals surface area contributed by atoms with E-state index in [0.717, 1.165) is 15.9 Å². The summed E-state index contributed by atoms with van der Waals surface area (Å²) in [6.45, 7) is 0. The summed E-state index contributed by atoms with van der Waals surface area (Å²) in [4.78, 5) is 17.5. The van der Waals surface area contributed by atoms with Crippen LogP contribution in [0.5, 0.6) is 0 Å². The monoisotopic (exact) mass is 544 g/mol. The standard InChI is InChI=1S/C29H23NO3PSe/c1-33-28(32)26(30-27(31)22-14-6-2-7-15-22)29(35)34(23-16-8-3-9-17-23,24-18-10-4-11-19-24)25-20-12-5-13-21-25/h2-21H,1H3/b29-26-. The van der Waals surface area contributed by atoms with Crippen molar-refractivity contribution < 1.29 is 14.6 Å². The Morgan fingerprint density at radius 1 is 0.714 bits per heavy atom. The summed E-state index contributed by atoms with van der Waals surface area (Å²) in [5.74, 6) is -1.18. The maximum absolute atomic E-state index is 13.1. The molecule has 35 heavy (non-hydrogen) atoms. The summed E-state index contributed by atoms with van der Waals surface area (Å²) in [7, 11) is -1.34. The van der Waals surface area contributed by atoms with Crippen LogP contribution in [-0.4, -0.2) is 35.0 Å². The molecule has 4 aromatic rings. The number of esters is 1. The number of benzene rings is 4. The Morgan fingerprint density at radius 2 is 1.09 bits per heavy atom. The second-order valence-electron chi connectivity index (χ2n) is 7.61. The van der Waals surface area contributed by atoms with Gasteiger partial charge in [-0.2, -0.15) is 0 Å². The first-order chi connectivity index (χ1) is 17.1. The van der Waals surface area contributed by atoms with Crippen molar-refractivity contribution in [2.45, 2.75) is 0 Å². The first kappa shape index (κ1) is 24.6. The summed E-state index contributed by atoms with van der Waals surface area (Å²) < 4.78 is 5.71. The van der Waals surface area contributed by atoms with Gasteiger partial charge in [-0.15, -0.1) is 0 Å². The first-order valence-electron chi connectivity index (χ1n) is 11.0. The third-order valence-corrected chi connectivity index (χ3v) is 11.7. The topological polar surface area (TPSA) is 61.7 Å². The van der Waals surface area contributed by atoms with E-state index in [1.54, 1.807) is 24.3 Å². The molecular weight excluding hydrogens is 520 g/mol. The Kier molecular flexibility index (Phi) is 7.94. The van der Waals surface area contributed by atoms with Gasteiger partial charge in [0.05, 0.1) is 0 Å². The molecule has 4 nitrogen and oxygen atoms in total. The number of hydrogen-bond donors (Lipinski definition) is 0. The number of ether oxygens (including phenoxy) is 1. The predicted molar refractivity (Wildman–Crippen MR) is 143 cm³/mol. The number of carbonyl (C=O) groups excluding carboxylic acids is 1. The van der Waals surface area contributed by atoms with E-state index in [1.165, 1.54) is 7.11 Å². The molecule has 0 aromatic heterocycles. The van der Waals surface area contributed by atoms with Gasteiger partial charge in [-0.1, -0.05) is 0 Å². The van der Waals surface area contributed by atoms with Crippen LogP contribution in [0.2, 0.25) is 0 Å². The fourth-order valence-electron chi connectivity index (χ4n) is 3.94. The summed E-state index contributed by atoms with van der Waals surface area (Å²) in [5.41, 5.74) is 0.371. The summed E-state index contributed by atoms with van der Waals surface area (Å²) in [6, 6.07) is 38.8. The van der Waals surface area contributed by atoms with E-state index in [1.807, 2.05) is 60.7 Å². The zero-order chi connectivity index (χ0) is 24.7. The van der Waals surface area contributed by atoms with Crippen molar-refractivity contribution in [2.75, 3.05) is 7.11 Å². The quantitative estimate of drug-likeness (QED) is 0.0898. The average Bonchev–Trinajstić information content (AvgIpc) is 2.94. The van der Waals surface area contributed by atoms with Gasteiger partial charge in [0.2, 0.25) is 0 Å². The zero-order valence-corrected chi connectivity index (χ0v) is 21.7. The molecule has 0 saturated carbocycles. The Labute approximate surface area is 214 Å². The third kappa shape index (κ3) is 4.99. The first-order valence-corrected chi connectivity index (χ1v) is 13.6. The van der Waals surface area contributed by atoms with Crippen LogP contribution in [0.3, 0.4) is 0 Å². The van der Waals surface area contributed by atoms with E-state index in [9.17, 15) is 9.90 Å². The molecule has 0 aliphatic heterocycles. The molecule has 0 atom stereocenters. The summed E-state index contributed by atoms with van der Waals surface area (Å²) in [6.07, 6.45) is 0. The van der Waals surface area contributed by atoms with Crippen LogP contribution in [0, 0.1) is 0 Å². The molecular formula is C29H23NO3PSe. The van der Waals surface area contributed by atoms with E-state index in [0.29, 0.717) is 9.78 Å². The summed E-state index contributed by atoms with van der Waals surface area (Å²) >= 11 is 3.17. The van der Waals surface area contributed by atoms with Crippen LogP contribution in [-0.2, 0) is 9.53 Å². The van der Waals surface area contributed by atoms with Gasteiger partial charge in [-0.05, 0) is 0 Å². The Balaban J connectivity index is 2.12. The average molecular weight is 543 g/mol. The molecule has 0 aliphatic rings. The fourth-order valence-corrected chi connectivity index (χ4v) is 10.1. The normalized spacial score (nSPS) is 12.5. The van der Waals surface area contributed by atoms with Gasteiger partial charge >= 0.3 is 215 Å². The van der Waals surface area contributed by atoms with E-state index in [2.05, 4.69) is 57.4 Å². The molecule has 0 aliphatic carbocycles. The number of rotatable bonds is 7. The predicted octanol–water partition coefficient (Wildman–Crippen LogP) is 3.30. The zero-order valence-electron chi connectivity index (χ0n) is 19.1. The van der Waals surface area contributed by atoms with Crippen LogP contribution in [0.4, 0.5) is 0 Å². The molecule has 0 amide bonds. The van der Waals surface area contributed by atoms with Crippen LogP contribution >= 0.6 is 7.26 Å². The molecule has 0 spiro atoms. The molecule has 6 heteroatoms. The second kappa shape index (κ2) is 11.3. The van der Waals surface area contributed by atoms with Gasteiger partial charge in [-0.3, -0.25) is 0 Å². The number of methoxy groups -OCH3 is 1. The van der Waals surface area contributed by atoms with Crippen LogP contribution < -0.4 is 21.0 Å². The molecule has 4 aromatic carbocycles. The van der Waals surface area contributed by atoms with Gasteiger partial charge in [0.25, 0.3) is 0 Å². The van der Waals surface area contributed by atoms with Gasteiger partial charge in [0.1, 0.15) is 0 Å². The fraction of sp³-hybridized carbons (Fsp3) is 0.0345. The minimum absolute atomic E-state index is 0.0220. The van der Waals surface area contributed by atoms with Crippen molar-refractivity contribution in [3.8, 4) is 0 Å². The molecule has 0 unspecified atom stereocenters. The van der Waals surface area contributed by atoms with Gasteiger partial charge < -0.3 is 0 Å².